The molecule has 3 aromatic rings. The van der Waals surface area contributed by atoms with Gasteiger partial charge >= 0.3 is 0 Å². The molecule has 1 aromatic heterocycles. The molecule has 2 heterocycles. The highest BCUT2D eigenvalue weighted by molar-refractivity contribution is 6.04. The molecule has 0 fully saturated rings. The van der Waals surface area contributed by atoms with Crippen LogP contribution in [0.3, 0.4) is 0 Å². The maximum Gasteiger partial charge on any atom is 0.272 e. The van der Waals surface area contributed by atoms with Gasteiger partial charge in [-0.05, 0) is 30.3 Å². The molecule has 2 amide bonds. The van der Waals surface area contributed by atoms with Crippen molar-refractivity contribution in [3.63, 3.8) is 0 Å². The first-order valence-electron chi connectivity index (χ1n) is 8.07. The molecule has 7 nitrogen and oxygen atoms in total. The molecule has 2 N–H and O–H groups in total. The zero-order valence-corrected chi connectivity index (χ0v) is 13.7. The number of benzene rings is 2. The minimum Gasteiger partial charge on any atom is -0.482 e. The van der Waals surface area contributed by atoms with Crippen molar-refractivity contribution in [1.29, 1.82) is 0 Å². The summed E-state index contributed by atoms with van der Waals surface area (Å²) in [7, 11) is 0. The summed E-state index contributed by atoms with van der Waals surface area (Å²) in [6, 6.07) is 11.3. The number of hydrogen-bond acceptors (Lipinski definition) is 4. The van der Waals surface area contributed by atoms with Gasteiger partial charge in [0.15, 0.2) is 12.3 Å². The smallest absolute Gasteiger partial charge is 0.272 e. The van der Waals surface area contributed by atoms with E-state index in [4.69, 9.17) is 4.74 Å². The third kappa shape index (κ3) is 2.85. The lowest BCUT2D eigenvalue weighted by atomic mass is 10.2. The average Bonchev–Trinajstić information content (AvgIpc) is 3.06. The summed E-state index contributed by atoms with van der Waals surface area (Å²) in [6.07, 6.45) is 0. The van der Waals surface area contributed by atoms with Crippen molar-refractivity contribution in [3.05, 3.63) is 54.0 Å². The number of amides is 2. The first-order valence-corrected chi connectivity index (χ1v) is 8.07. The van der Waals surface area contributed by atoms with Crippen LogP contribution in [0.2, 0.25) is 0 Å². The Morgan fingerprint density at radius 1 is 1.31 bits per heavy atom. The third-order valence-corrected chi connectivity index (χ3v) is 4.17. The fraction of sp³-hybridized carbons (Fsp3) is 0.167. The lowest BCUT2D eigenvalue weighted by Crippen LogP contribution is -2.43. The SMILES string of the molecule is O=C(NCCN1C(=O)COc2ccccc21)c1n[nH]c2ccc(F)cc12. The maximum atomic E-state index is 13.4. The van der Waals surface area contributed by atoms with Crippen LogP contribution in [0.4, 0.5) is 10.1 Å². The number of para-hydroxylation sites is 2. The largest absolute Gasteiger partial charge is 0.482 e. The van der Waals surface area contributed by atoms with E-state index in [1.54, 1.807) is 17.0 Å². The van der Waals surface area contributed by atoms with Crippen LogP contribution in [-0.2, 0) is 4.79 Å². The van der Waals surface area contributed by atoms with Crippen molar-refractivity contribution >= 4 is 28.4 Å². The average molecular weight is 354 g/mol. The van der Waals surface area contributed by atoms with Gasteiger partial charge in [0.25, 0.3) is 11.8 Å². The quantitative estimate of drug-likeness (QED) is 0.749. The van der Waals surface area contributed by atoms with Gasteiger partial charge in [0.1, 0.15) is 11.6 Å². The zero-order chi connectivity index (χ0) is 18.1. The predicted molar refractivity (Wildman–Crippen MR) is 92.7 cm³/mol. The minimum absolute atomic E-state index is 0.0335. The molecular weight excluding hydrogens is 339 g/mol. The molecule has 0 unspecified atom stereocenters. The van der Waals surface area contributed by atoms with Gasteiger partial charge in [-0.15, -0.1) is 0 Å². The van der Waals surface area contributed by atoms with E-state index in [1.807, 2.05) is 12.1 Å². The molecule has 2 aromatic carbocycles. The van der Waals surface area contributed by atoms with Gasteiger partial charge in [0, 0.05) is 18.5 Å². The minimum atomic E-state index is -0.441. The number of aromatic nitrogens is 2. The van der Waals surface area contributed by atoms with E-state index in [-0.39, 0.29) is 24.8 Å². The number of ether oxygens (including phenoxy) is 1. The van der Waals surface area contributed by atoms with Crippen LogP contribution in [-0.4, -0.2) is 41.7 Å². The maximum absolute atomic E-state index is 13.4. The van der Waals surface area contributed by atoms with Crippen molar-refractivity contribution in [2.75, 3.05) is 24.6 Å². The predicted octanol–water partition coefficient (Wildman–Crippen LogP) is 1.86. The molecule has 26 heavy (non-hydrogen) atoms. The van der Waals surface area contributed by atoms with Crippen LogP contribution in [0.15, 0.2) is 42.5 Å². The second-order valence-corrected chi connectivity index (χ2v) is 5.82. The Labute approximate surface area is 147 Å². The standard InChI is InChI=1S/C18H15FN4O3/c19-11-5-6-13-12(9-11)17(22-21-13)18(25)20-7-8-23-14-3-1-2-4-15(14)26-10-16(23)24/h1-6,9H,7-8,10H2,(H,20,25)(H,21,22). The Morgan fingerprint density at radius 3 is 3.04 bits per heavy atom. The van der Waals surface area contributed by atoms with Crippen LogP contribution in [0, 0.1) is 5.82 Å². The monoisotopic (exact) mass is 354 g/mol. The van der Waals surface area contributed by atoms with E-state index in [1.165, 1.54) is 18.2 Å². The first kappa shape index (κ1) is 16.1. The van der Waals surface area contributed by atoms with Crippen LogP contribution in [0.1, 0.15) is 10.5 Å². The molecule has 0 aliphatic carbocycles. The normalized spacial score (nSPS) is 13.4. The number of carbonyl (C=O) groups is 2. The first-order chi connectivity index (χ1) is 12.6. The van der Waals surface area contributed by atoms with E-state index in [9.17, 15) is 14.0 Å². The molecule has 1 aliphatic rings. The lowest BCUT2D eigenvalue weighted by Gasteiger charge is -2.29. The van der Waals surface area contributed by atoms with E-state index in [0.29, 0.717) is 28.9 Å². The van der Waals surface area contributed by atoms with E-state index in [0.717, 1.165) is 0 Å². The molecule has 0 radical (unpaired) electrons. The second kappa shape index (κ2) is 6.47. The lowest BCUT2D eigenvalue weighted by molar-refractivity contribution is -0.121. The molecule has 0 bridgehead atoms. The highest BCUT2D eigenvalue weighted by atomic mass is 19.1. The summed E-state index contributed by atoms with van der Waals surface area (Å²) in [5.41, 5.74) is 1.37. The number of H-pyrrole nitrogens is 1. The molecule has 8 heteroatoms. The van der Waals surface area contributed by atoms with E-state index in [2.05, 4.69) is 15.5 Å². The van der Waals surface area contributed by atoms with Crippen LogP contribution in [0.25, 0.3) is 10.9 Å². The highest BCUT2D eigenvalue weighted by Gasteiger charge is 2.25. The summed E-state index contributed by atoms with van der Waals surface area (Å²) in [4.78, 5) is 26.0. The van der Waals surface area contributed by atoms with Crippen LogP contribution < -0.4 is 15.0 Å². The Hall–Kier alpha value is -3.42. The summed E-state index contributed by atoms with van der Waals surface area (Å²) >= 11 is 0. The molecule has 4 rings (SSSR count). The molecule has 0 saturated carbocycles. The topological polar surface area (TPSA) is 87.3 Å². The molecule has 132 valence electrons. The Balaban J connectivity index is 1.45. The number of rotatable bonds is 4. The summed E-state index contributed by atoms with van der Waals surface area (Å²) in [5, 5.41) is 9.78. The molecule has 0 spiro atoms. The molecule has 1 aliphatic heterocycles. The van der Waals surface area contributed by atoms with Crippen molar-refractivity contribution in [1.82, 2.24) is 15.5 Å². The van der Waals surface area contributed by atoms with Crippen molar-refractivity contribution in [3.8, 4) is 5.75 Å². The summed E-state index contributed by atoms with van der Waals surface area (Å²) in [6.45, 7) is 0.485. The Kier molecular flexibility index (Phi) is 4.00. The highest BCUT2D eigenvalue weighted by Crippen LogP contribution is 2.31. The van der Waals surface area contributed by atoms with Crippen LogP contribution >= 0.6 is 0 Å². The number of aromatic amines is 1. The third-order valence-electron chi connectivity index (χ3n) is 4.17. The van der Waals surface area contributed by atoms with Gasteiger partial charge < -0.3 is 15.0 Å². The van der Waals surface area contributed by atoms with Gasteiger partial charge in [0.2, 0.25) is 0 Å². The number of nitrogens with zero attached hydrogens (tertiary/aromatic N) is 2. The fourth-order valence-electron chi connectivity index (χ4n) is 2.92. The number of fused-ring (bicyclic) bond motifs is 2. The van der Waals surface area contributed by atoms with Gasteiger partial charge in [0.05, 0.1) is 11.2 Å². The Morgan fingerprint density at radius 2 is 2.15 bits per heavy atom. The molecular formula is C18H15FN4O3. The number of hydrogen-bond donors (Lipinski definition) is 2. The summed E-state index contributed by atoms with van der Waals surface area (Å²) in [5.74, 6) is -0.420. The van der Waals surface area contributed by atoms with Gasteiger partial charge in [-0.25, -0.2) is 4.39 Å². The number of carbonyl (C=O) groups excluding carboxylic acids is 2. The molecule has 0 atom stereocenters. The van der Waals surface area contributed by atoms with E-state index < -0.39 is 11.7 Å². The molecule has 0 saturated heterocycles. The Bertz CT molecular complexity index is 1000. The number of halogens is 1. The van der Waals surface area contributed by atoms with Crippen molar-refractivity contribution < 1.29 is 18.7 Å². The zero-order valence-electron chi connectivity index (χ0n) is 13.7. The number of anilines is 1. The summed E-state index contributed by atoms with van der Waals surface area (Å²) < 4.78 is 18.8. The van der Waals surface area contributed by atoms with Gasteiger partial charge in [-0.3, -0.25) is 14.7 Å². The van der Waals surface area contributed by atoms with Crippen molar-refractivity contribution in [2.45, 2.75) is 0 Å². The van der Waals surface area contributed by atoms with Gasteiger partial charge in [-0.1, -0.05) is 12.1 Å². The fourth-order valence-corrected chi connectivity index (χ4v) is 2.92. The second-order valence-electron chi connectivity index (χ2n) is 5.82. The number of nitrogens with one attached hydrogen (secondary N) is 2. The van der Waals surface area contributed by atoms with Crippen molar-refractivity contribution in [2.24, 2.45) is 0 Å². The van der Waals surface area contributed by atoms with Gasteiger partial charge in [-0.2, -0.15) is 5.10 Å². The van der Waals surface area contributed by atoms with Crippen LogP contribution in [0.5, 0.6) is 5.75 Å². The van der Waals surface area contributed by atoms with E-state index >= 15 is 0 Å².